The monoisotopic (exact) mass is 472 g/mol. The Hall–Kier alpha value is -2.23. The summed E-state index contributed by atoms with van der Waals surface area (Å²) >= 11 is 6.11. The summed E-state index contributed by atoms with van der Waals surface area (Å²) in [6.07, 6.45) is 1.70. The van der Waals surface area contributed by atoms with Crippen LogP contribution in [-0.4, -0.2) is 72.7 Å². The molecule has 3 heterocycles. The summed E-state index contributed by atoms with van der Waals surface area (Å²) in [6.45, 7) is 1.83. The van der Waals surface area contributed by atoms with Crippen molar-refractivity contribution in [3.8, 4) is 5.75 Å². The van der Waals surface area contributed by atoms with Gasteiger partial charge in [-0.25, -0.2) is 0 Å². The lowest BCUT2D eigenvalue weighted by Gasteiger charge is -2.48. The zero-order valence-corrected chi connectivity index (χ0v) is 18.4. The number of fused-ring (bicyclic) bond motifs is 1. The molecule has 6 nitrogen and oxygen atoms in total. The third kappa shape index (κ3) is 4.21. The van der Waals surface area contributed by atoms with Crippen LogP contribution in [0.25, 0.3) is 0 Å². The number of likely N-dealkylation sites (N-methyl/N-ethyl adjacent to an activating group) is 1. The van der Waals surface area contributed by atoms with Crippen LogP contribution in [-0.2, 0) is 9.47 Å². The van der Waals surface area contributed by atoms with Gasteiger partial charge in [0.05, 0.1) is 17.6 Å². The van der Waals surface area contributed by atoms with Crippen molar-refractivity contribution in [2.45, 2.75) is 43.4 Å². The number of likely N-dealkylation sites (tertiary alicyclic amines) is 1. The van der Waals surface area contributed by atoms with E-state index in [4.69, 9.17) is 25.8 Å². The number of benzene rings is 1. The molecule has 174 valence electrons. The number of nitrogens with zero attached hydrogens (tertiary/aromatic N) is 2. The minimum absolute atomic E-state index is 0.0150. The maximum Gasteiger partial charge on any atom is 0.425 e. The molecule has 3 aliphatic heterocycles. The Morgan fingerprint density at radius 1 is 1.34 bits per heavy atom. The molecule has 0 spiro atoms. The Kier molecular flexibility index (Phi) is 6.17. The summed E-state index contributed by atoms with van der Waals surface area (Å²) in [7, 11) is 1.97. The molecule has 0 saturated carbocycles. The molecule has 3 aliphatic rings. The van der Waals surface area contributed by atoms with E-state index in [0.717, 1.165) is 6.92 Å². The fraction of sp³-hybridized carbons (Fsp3) is 0.500. The average molecular weight is 473 g/mol. The maximum absolute atomic E-state index is 13.1. The van der Waals surface area contributed by atoms with Gasteiger partial charge in [0.25, 0.3) is 5.91 Å². The minimum atomic E-state index is -4.52. The molecule has 1 aromatic carbocycles. The number of piperidine rings is 1. The molecule has 1 amide bonds. The fourth-order valence-corrected chi connectivity index (χ4v) is 4.59. The number of allylic oxidation sites excluding steroid dienone is 2. The predicted octanol–water partition coefficient (Wildman–Crippen LogP) is 4.01. The first-order valence-corrected chi connectivity index (χ1v) is 10.6. The second-order valence-electron chi connectivity index (χ2n) is 8.16. The van der Waals surface area contributed by atoms with Gasteiger partial charge in [-0.1, -0.05) is 23.8 Å². The zero-order chi connectivity index (χ0) is 23.1. The van der Waals surface area contributed by atoms with Crippen LogP contribution in [0.4, 0.5) is 13.2 Å². The molecule has 32 heavy (non-hydrogen) atoms. The number of amides is 1. The SMILES string of the molecule is CC(Oc1ccc(C(=O)N2CC[C@]3(C4C=CC=CN4C)OCOC3C2)cc1Cl)C(F)(F)F. The smallest absolute Gasteiger partial charge is 0.425 e. The normalized spacial score (nSPS) is 28.6. The number of halogens is 4. The predicted molar refractivity (Wildman–Crippen MR) is 112 cm³/mol. The van der Waals surface area contributed by atoms with Crippen molar-refractivity contribution in [2.75, 3.05) is 26.9 Å². The fourth-order valence-electron chi connectivity index (χ4n) is 4.37. The zero-order valence-electron chi connectivity index (χ0n) is 17.6. The highest BCUT2D eigenvalue weighted by Gasteiger charge is 2.55. The van der Waals surface area contributed by atoms with Crippen LogP contribution in [0.2, 0.25) is 5.02 Å². The number of ether oxygens (including phenoxy) is 3. The third-order valence-electron chi connectivity index (χ3n) is 6.20. The van der Waals surface area contributed by atoms with E-state index in [-0.39, 0.29) is 41.2 Å². The van der Waals surface area contributed by atoms with Crippen LogP contribution < -0.4 is 4.74 Å². The molecule has 0 radical (unpaired) electrons. The van der Waals surface area contributed by atoms with E-state index < -0.39 is 17.9 Å². The quantitative estimate of drug-likeness (QED) is 0.662. The molecular formula is C22H24ClF3N2O4. The van der Waals surface area contributed by atoms with Gasteiger partial charge in [0, 0.05) is 19.2 Å². The highest BCUT2D eigenvalue weighted by molar-refractivity contribution is 6.32. The van der Waals surface area contributed by atoms with Crippen molar-refractivity contribution >= 4 is 17.5 Å². The first kappa shape index (κ1) is 22.9. The lowest BCUT2D eigenvalue weighted by Crippen LogP contribution is -2.63. The Balaban J connectivity index is 1.47. The number of alkyl halides is 3. The third-order valence-corrected chi connectivity index (χ3v) is 6.49. The number of rotatable bonds is 4. The van der Waals surface area contributed by atoms with Crippen LogP contribution >= 0.6 is 11.6 Å². The largest absolute Gasteiger partial charge is 0.480 e. The van der Waals surface area contributed by atoms with E-state index in [2.05, 4.69) is 11.0 Å². The Morgan fingerprint density at radius 2 is 2.12 bits per heavy atom. The molecule has 2 fully saturated rings. The molecule has 3 unspecified atom stereocenters. The molecular weight excluding hydrogens is 449 g/mol. The second-order valence-corrected chi connectivity index (χ2v) is 8.56. The number of hydrogen-bond acceptors (Lipinski definition) is 5. The number of carbonyl (C=O) groups excluding carboxylic acids is 1. The Labute approximate surface area is 189 Å². The van der Waals surface area contributed by atoms with Crippen LogP contribution in [0.15, 0.2) is 42.6 Å². The van der Waals surface area contributed by atoms with Crippen molar-refractivity contribution in [3.63, 3.8) is 0 Å². The highest BCUT2D eigenvalue weighted by atomic mass is 35.5. The lowest BCUT2D eigenvalue weighted by molar-refractivity contribution is -0.189. The first-order chi connectivity index (χ1) is 15.1. The van der Waals surface area contributed by atoms with Gasteiger partial charge in [-0.3, -0.25) is 4.79 Å². The summed E-state index contributed by atoms with van der Waals surface area (Å²) in [4.78, 5) is 16.8. The van der Waals surface area contributed by atoms with Gasteiger partial charge in [-0.2, -0.15) is 13.2 Å². The molecule has 2 saturated heterocycles. The topological polar surface area (TPSA) is 51.2 Å². The van der Waals surface area contributed by atoms with Crippen molar-refractivity contribution in [1.82, 2.24) is 9.80 Å². The van der Waals surface area contributed by atoms with E-state index in [1.54, 1.807) is 4.90 Å². The van der Waals surface area contributed by atoms with Crippen LogP contribution in [0, 0.1) is 0 Å². The molecule has 1 aromatic rings. The molecule has 4 atom stereocenters. The molecule has 0 aliphatic carbocycles. The summed E-state index contributed by atoms with van der Waals surface area (Å²) in [6, 6.07) is 4.02. The second kappa shape index (κ2) is 8.61. The van der Waals surface area contributed by atoms with E-state index in [0.29, 0.717) is 19.5 Å². The summed E-state index contributed by atoms with van der Waals surface area (Å²) in [5.41, 5.74) is -0.290. The van der Waals surface area contributed by atoms with Crippen LogP contribution in [0.1, 0.15) is 23.7 Å². The Bertz CT molecular complexity index is 938. The average Bonchev–Trinajstić information content (AvgIpc) is 3.18. The van der Waals surface area contributed by atoms with E-state index in [1.807, 2.05) is 25.4 Å². The van der Waals surface area contributed by atoms with Crippen molar-refractivity contribution in [2.24, 2.45) is 0 Å². The molecule has 0 N–H and O–H groups in total. The molecule has 0 bridgehead atoms. The Morgan fingerprint density at radius 3 is 2.81 bits per heavy atom. The number of hydrogen-bond donors (Lipinski definition) is 0. The molecule has 4 rings (SSSR count). The van der Waals surface area contributed by atoms with Gasteiger partial charge in [0.1, 0.15) is 24.2 Å². The standard InChI is InChI=1S/C22H24ClF3N2O4/c1-14(22(24,25)26)32-17-7-6-15(11-16(17)23)20(29)28-10-8-21(19(12-28)30-13-31-21)18-5-3-4-9-27(18)2/h3-7,9,11,14,18-19H,8,10,12-13H2,1-2H3/t14?,18?,19?,21-/m1/s1. The lowest BCUT2D eigenvalue weighted by atomic mass is 9.80. The van der Waals surface area contributed by atoms with Gasteiger partial charge >= 0.3 is 6.18 Å². The van der Waals surface area contributed by atoms with Gasteiger partial charge in [-0.05, 0) is 43.8 Å². The van der Waals surface area contributed by atoms with Crippen molar-refractivity contribution in [1.29, 1.82) is 0 Å². The van der Waals surface area contributed by atoms with Crippen LogP contribution in [0.3, 0.4) is 0 Å². The number of carbonyl (C=O) groups is 1. The minimum Gasteiger partial charge on any atom is -0.480 e. The maximum atomic E-state index is 13.1. The first-order valence-electron chi connectivity index (χ1n) is 10.3. The van der Waals surface area contributed by atoms with Crippen molar-refractivity contribution < 1.29 is 32.2 Å². The van der Waals surface area contributed by atoms with E-state index in [1.165, 1.54) is 18.2 Å². The van der Waals surface area contributed by atoms with Crippen LogP contribution in [0.5, 0.6) is 5.75 Å². The highest BCUT2D eigenvalue weighted by Crippen LogP contribution is 2.40. The summed E-state index contributed by atoms with van der Waals surface area (Å²) < 4.78 is 55.1. The van der Waals surface area contributed by atoms with Crippen molar-refractivity contribution in [3.05, 3.63) is 53.2 Å². The van der Waals surface area contributed by atoms with Gasteiger partial charge in [-0.15, -0.1) is 0 Å². The summed E-state index contributed by atoms with van der Waals surface area (Å²) in [5.74, 6) is -0.405. The van der Waals surface area contributed by atoms with E-state index >= 15 is 0 Å². The van der Waals surface area contributed by atoms with Gasteiger partial charge < -0.3 is 24.0 Å². The van der Waals surface area contributed by atoms with Gasteiger partial charge in [0.15, 0.2) is 6.10 Å². The molecule has 10 heteroatoms. The van der Waals surface area contributed by atoms with E-state index in [9.17, 15) is 18.0 Å². The molecule has 0 aromatic heterocycles. The summed E-state index contributed by atoms with van der Waals surface area (Å²) in [5, 5.41) is -0.0560. The van der Waals surface area contributed by atoms with Gasteiger partial charge in [0.2, 0.25) is 0 Å².